The van der Waals surface area contributed by atoms with E-state index < -0.39 is 8.32 Å². The number of rotatable bonds is 8. The van der Waals surface area contributed by atoms with Crippen LogP contribution in [-0.2, 0) is 9.53 Å². The molecule has 0 saturated carbocycles. The van der Waals surface area contributed by atoms with E-state index in [1.807, 2.05) is 6.92 Å². The summed E-state index contributed by atoms with van der Waals surface area (Å²) < 4.78 is 12.0. The van der Waals surface area contributed by atoms with Crippen LogP contribution in [0.1, 0.15) is 100.0 Å². The number of carbonyl (C=O) groups is 1. The number of hydrogen-bond acceptors (Lipinski definition) is 8. The van der Waals surface area contributed by atoms with Gasteiger partial charge in [0.05, 0.1) is 41.3 Å². The van der Waals surface area contributed by atoms with Gasteiger partial charge in [-0.05, 0) is 116 Å². The number of methoxy groups -OCH3 is 1. The Bertz CT molecular complexity index is 2270. The van der Waals surface area contributed by atoms with Crippen LogP contribution in [0.2, 0.25) is 18.1 Å². The molecule has 55 heavy (non-hydrogen) atoms. The van der Waals surface area contributed by atoms with Gasteiger partial charge in [-0.25, -0.2) is 15.0 Å². The topological polar surface area (TPSA) is 105 Å². The third-order valence-electron chi connectivity index (χ3n) is 12.9. The Morgan fingerprint density at radius 3 is 2.29 bits per heavy atom. The molecule has 0 aromatic heterocycles. The van der Waals surface area contributed by atoms with Crippen molar-refractivity contribution in [2.75, 3.05) is 7.11 Å². The molecule has 0 amide bonds. The minimum absolute atomic E-state index is 0.0297. The summed E-state index contributed by atoms with van der Waals surface area (Å²) in [6.07, 6.45) is 7.10. The fraction of sp³-hybridized carbons (Fsp3) is 0.435. The molecular weight excluding hydrogens is 701 g/mol. The molecular formula is C46H56N4O4Si. The fourth-order valence-electron chi connectivity index (χ4n) is 8.59. The summed E-state index contributed by atoms with van der Waals surface area (Å²) in [5, 5.41) is 15.6. The lowest BCUT2D eigenvalue weighted by Gasteiger charge is -2.36. The van der Waals surface area contributed by atoms with Gasteiger partial charge >= 0.3 is 5.97 Å². The smallest absolute Gasteiger partial charge is 0.305 e. The van der Waals surface area contributed by atoms with Gasteiger partial charge in [-0.3, -0.25) is 4.79 Å². The molecule has 1 fully saturated rings. The monoisotopic (exact) mass is 756 g/mol. The van der Waals surface area contributed by atoms with Gasteiger partial charge in [0, 0.05) is 52.8 Å². The summed E-state index contributed by atoms with van der Waals surface area (Å²) in [6, 6.07) is 8.48. The van der Waals surface area contributed by atoms with Crippen molar-refractivity contribution in [2.45, 2.75) is 113 Å². The highest BCUT2D eigenvalue weighted by molar-refractivity contribution is 6.74. The number of aliphatic hydroxyl groups is 1. The van der Waals surface area contributed by atoms with Gasteiger partial charge < -0.3 is 19.6 Å². The van der Waals surface area contributed by atoms with E-state index in [0.29, 0.717) is 18.6 Å². The number of carbonyl (C=O) groups excluding carboxylic acids is 1. The van der Waals surface area contributed by atoms with Crippen molar-refractivity contribution in [1.82, 2.24) is 5.32 Å². The van der Waals surface area contributed by atoms with E-state index >= 15 is 0 Å². The van der Waals surface area contributed by atoms with Crippen molar-refractivity contribution in [2.24, 2.45) is 26.8 Å². The SMILES string of the molecule is CCC1=C(C)C2=NC1=CC1=C(C)C3=C(O)CC(=C4NC(=C(c5cccc(O[Si](C)(C)C(C)(C)C)c5)C5=NC(=C2)C(CC)=C5C)[C@@H](C)[C@@H]4CCC(=O)OC)C3=N1. The maximum Gasteiger partial charge on any atom is 0.305 e. The maximum absolute atomic E-state index is 12.7. The molecule has 0 unspecified atom stereocenters. The Hall–Kier alpha value is -4.76. The highest BCUT2D eigenvalue weighted by Gasteiger charge is 2.43. The number of allylic oxidation sites excluding steroid dienone is 12. The molecule has 7 rings (SSSR count). The van der Waals surface area contributed by atoms with Crippen LogP contribution in [0.5, 0.6) is 5.75 Å². The molecule has 2 atom stereocenters. The first-order valence-electron chi connectivity index (χ1n) is 19.8. The summed E-state index contributed by atoms with van der Waals surface area (Å²) in [7, 11) is -0.707. The average Bonchev–Trinajstić information content (AvgIpc) is 3.89. The number of fused-ring (bicyclic) bond motifs is 5. The maximum atomic E-state index is 12.7. The van der Waals surface area contributed by atoms with Crippen LogP contribution in [0.15, 0.2) is 125 Å². The van der Waals surface area contributed by atoms with Crippen molar-refractivity contribution in [3.05, 3.63) is 115 Å². The Labute approximate surface area is 327 Å². The van der Waals surface area contributed by atoms with Gasteiger partial charge in [0.1, 0.15) is 11.5 Å². The van der Waals surface area contributed by atoms with Crippen LogP contribution in [0.25, 0.3) is 5.57 Å². The quantitative estimate of drug-likeness (QED) is 0.203. The number of hydrogen-bond donors (Lipinski definition) is 2. The second-order valence-corrected chi connectivity index (χ2v) is 21.8. The van der Waals surface area contributed by atoms with Crippen molar-refractivity contribution < 1.29 is 19.1 Å². The molecule has 1 aromatic carbocycles. The van der Waals surface area contributed by atoms with E-state index in [1.165, 1.54) is 18.3 Å². The van der Waals surface area contributed by atoms with Crippen molar-refractivity contribution >= 4 is 37.0 Å². The largest absolute Gasteiger partial charge is 0.543 e. The lowest BCUT2D eigenvalue weighted by Crippen LogP contribution is -2.43. The summed E-state index contributed by atoms with van der Waals surface area (Å²) in [4.78, 5) is 28.6. The van der Waals surface area contributed by atoms with Gasteiger partial charge in [-0.15, -0.1) is 0 Å². The van der Waals surface area contributed by atoms with Crippen LogP contribution >= 0.6 is 0 Å². The van der Waals surface area contributed by atoms with Crippen molar-refractivity contribution in [3.63, 3.8) is 0 Å². The van der Waals surface area contributed by atoms with E-state index in [1.54, 1.807) is 0 Å². The Balaban J connectivity index is 1.53. The van der Waals surface area contributed by atoms with Gasteiger partial charge in [0.25, 0.3) is 0 Å². The number of nitrogens with zero attached hydrogens (tertiary/aromatic N) is 3. The zero-order valence-electron chi connectivity index (χ0n) is 34.7. The Morgan fingerprint density at radius 1 is 0.927 bits per heavy atom. The standard InChI is InChI=1S/C46H56N4O4Si/c1-13-30-24(3)34-22-37-31(14-2)25(4)42(49-37)41(28-16-15-17-29(20-28)54-55(11,12)46(7,8)9)43-26(5)32(18-19-39(52)53-10)44(50-43)33-21-38(51)40-27(6)35(48-45(33)40)23-36(30)47-34/h15-17,20,22-23,26,32,50-51H,13-14,18-19,21H2,1-12H3/t26-,32-/m0/s1. The number of aliphatic hydroxyl groups excluding tert-OH is 1. The Kier molecular flexibility index (Phi) is 9.85. The minimum atomic E-state index is -2.15. The van der Waals surface area contributed by atoms with Crippen molar-refractivity contribution in [3.8, 4) is 5.75 Å². The summed E-state index contributed by atoms with van der Waals surface area (Å²) >= 11 is 0. The van der Waals surface area contributed by atoms with E-state index in [9.17, 15) is 9.90 Å². The average molecular weight is 757 g/mol. The molecule has 8 nitrogen and oxygen atoms in total. The summed E-state index contributed by atoms with van der Waals surface area (Å²) in [5.74, 6) is 0.829. The summed E-state index contributed by atoms with van der Waals surface area (Å²) in [6.45, 7) is 24.3. The first-order valence-corrected chi connectivity index (χ1v) is 22.8. The van der Waals surface area contributed by atoms with E-state index in [2.05, 4.69) is 110 Å². The molecule has 0 spiro atoms. The molecule has 1 saturated heterocycles. The number of esters is 1. The highest BCUT2D eigenvalue weighted by Crippen LogP contribution is 2.49. The third kappa shape index (κ3) is 6.48. The highest BCUT2D eigenvalue weighted by atomic mass is 28.4. The van der Waals surface area contributed by atoms with Crippen LogP contribution in [-0.4, -0.2) is 43.6 Å². The molecule has 8 bridgehead atoms. The fourth-order valence-corrected chi connectivity index (χ4v) is 9.62. The zero-order chi connectivity index (χ0) is 39.7. The molecule has 2 N–H and O–H groups in total. The lowest BCUT2D eigenvalue weighted by molar-refractivity contribution is -0.140. The van der Waals surface area contributed by atoms with Gasteiger partial charge in [0.15, 0.2) is 0 Å². The predicted molar refractivity (Wildman–Crippen MR) is 227 cm³/mol. The van der Waals surface area contributed by atoms with Crippen LogP contribution in [0, 0.1) is 11.8 Å². The van der Waals surface area contributed by atoms with Crippen molar-refractivity contribution in [1.29, 1.82) is 0 Å². The molecule has 1 aliphatic carbocycles. The number of benzene rings is 1. The second-order valence-electron chi connectivity index (χ2n) is 17.1. The molecule has 1 aromatic rings. The molecule has 6 aliphatic rings. The number of ether oxygens (including phenoxy) is 1. The molecule has 0 radical (unpaired) electrons. The van der Waals surface area contributed by atoms with E-state index in [4.69, 9.17) is 24.1 Å². The predicted octanol–water partition coefficient (Wildman–Crippen LogP) is 10.9. The van der Waals surface area contributed by atoms with Gasteiger partial charge in [0.2, 0.25) is 8.32 Å². The minimum Gasteiger partial charge on any atom is -0.543 e. The van der Waals surface area contributed by atoms with Crippen LogP contribution in [0.3, 0.4) is 0 Å². The molecule has 5 heterocycles. The van der Waals surface area contributed by atoms with Gasteiger partial charge in [-0.2, -0.15) is 0 Å². The van der Waals surface area contributed by atoms with Crippen LogP contribution in [0.4, 0.5) is 0 Å². The molecule has 288 valence electrons. The van der Waals surface area contributed by atoms with E-state index in [-0.39, 0.29) is 29.3 Å². The van der Waals surface area contributed by atoms with E-state index in [0.717, 1.165) is 103 Å². The first-order chi connectivity index (χ1) is 26.0. The van der Waals surface area contributed by atoms with Crippen LogP contribution < -0.4 is 9.74 Å². The molecule has 9 heteroatoms. The number of aliphatic imine (C=N–C) groups is 3. The third-order valence-corrected chi connectivity index (χ3v) is 17.2. The first kappa shape index (κ1) is 38.5. The number of nitrogens with one attached hydrogen (secondary N) is 1. The lowest BCUT2D eigenvalue weighted by atomic mass is 9.83. The molecule has 5 aliphatic heterocycles. The second kappa shape index (κ2) is 14.1. The Morgan fingerprint density at radius 2 is 1.62 bits per heavy atom. The normalized spacial score (nSPS) is 22.4. The van der Waals surface area contributed by atoms with Gasteiger partial charge in [-0.1, -0.05) is 53.7 Å². The zero-order valence-corrected chi connectivity index (χ0v) is 35.7. The summed E-state index contributed by atoms with van der Waals surface area (Å²) in [5.41, 5.74) is 16.7.